The van der Waals surface area contributed by atoms with Crippen molar-refractivity contribution in [1.29, 1.82) is 5.41 Å². The molecule has 0 aliphatic heterocycles. The molecule has 0 bridgehead atoms. The fourth-order valence-corrected chi connectivity index (χ4v) is 0.708. The van der Waals surface area contributed by atoms with Gasteiger partial charge in [-0.2, -0.15) is 0 Å². The molecule has 0 heterocycles. The topological polar surface area (TPSA) is 42.3 Å². The van der Waals surface area contributed by atoms with Crippen molar-refractivity contribution in [2.75, 3.05) is 13.7 Å². The lowest BCUT2D eigenvalue weighted by molar-refractivity contribution is 0.123. The molecule has 0 fully saturated rings. The van der Waals surface area contributed by atoms with Gasteiger partial charge in [0.05, 0.1) is 6.61 Å². The van der Waals surface area contributed by atoms with Crippen LogP contribution in [0.25, 0.3) is 0 Å². The number of methoxy groups -OCH3 is 1. The van der Waals surface area contributed by atoms with E-state index in [1.165, 1.54) is 0 Å². The van der Waals surface area contributed by atoms with Gasteiger partial charge in [-0.25, -0.2) is 0 Å². The van der Waals surface area contributed by atoms with Crippen molar-refractivity contribution in [2.24, 2.45) is 0 Å². The Labute approximate surface area is 61.8 Å². The van der Waals surface area contributed by atoms with Gasteiger partial charge in [-0.05, 0) is 13.3 Å². The van der Waals surface area contributed by atoms with E-state index in [-0.39, 0.29) is 12.0 Å². The summed E-state index contributed by atoms with van der Waals surface area (Å²) in [5.41, 5.74) is 0. The first-order chi connectivity index (χ1) is 4.76. The van der Waals surface area contributed by atoms with Gasteiger partial charge in [-0.1, -0.05) is 6.92 Å². The molecule has 0 aromatic carbocycles. The summed E-state index contributed by atoms with van der Waals surface area (Å²) in [6, 6.07) is 0. The van der Waals surface area contributed by atoms with Crippen LogP contribution in [0.15, 0.2) is 0 Å². The van der Waals surface area contributed by atoms with Gasteiger partial charge >= 0.3 is 0 Å². The van der Waals surface area contributed by atoms with Crippen molar-refractivity contribution in [1.82, 2.24) is 0 Å². The molecule has 0 spiro atoms. The zero-order valence-corrected chi connectivity index (χ0v) is 6.81. The average molecular weight is 145 g/mol. The number of hydrogen-bond acceptors (Lipinski definition) is 3. The Morgan fingerprint density at radius 3 is 2.40 bits per heavy atom. The maximum absolute atomic E-state index is 7.30. The molecule has 60 valence electrons. The van der Waals surface area contributed by atoms with Gasteiger partial charge in [-0.15, -0.1) is 0 Å². The number of hydrogen-bond donors (Lipinski definition) is 1. The predicted molar refractivity (Wildman–Crippen MR) is 40.4 cm³/mol. The second kappa shape index (κ2) is 5.23. The normalized spacial score (nSPS) is 12.7. The Kier molecular flexibility index (Phi) is 4.94. The summed E-state index contributed by atoms with van der Waals surface area (Å²) in [5.74, 6) is 0.229. The summed E-state index contributed by atoms with van der Waals surface area (Å²) in [7, 11) is 1.59. The SMILES string of the molecule is CCOC(=N)C(CC)OC. The Hall–Kier alpha value is -0.570. The molecular formula is C7H15NO2. The van der Waals surface area contributed by atoms with Crippen LogP contribution in [0, 0.1) is 5.41 Å². The van der Waals surface area contributed by atoms with E-state index in [0.717, 1.165) is 6.42 Å². The van der Waals surface area contributed by atoms with Gasteiger partial charge in [-0.3, -0.25) is 5.41 Å². The van der Waals surface area contributed by atoms with Crippen LogP contribution in [0.3, 0.4) is 0 Å². The van der Waals surface area contributed by atoms with Crippen LogP contribution in [0.1, 0.15) is 20.3 Å². The summed E-state index contributed by atoms with van der Waals surface area (Å²) < 4.78 is 9.91. The summed E-state index contributed by atoms with van der Waals surface area (Å²) in [6.45, 7) is 4.36. The van der Waals surface area contributed by atoms with Gasteiger partial charge in [0, 0.05) is 7.11 Å². The summed E-state index contributed by atoms with van der Waals surface area (Å²) in [6.07, 6.45) is 0.620. The highest BCUT2D eigenvalue weighted by Crippen LogP contribution is 1.98. The number of ether oxygens (including phenoxy) is 2. The van der Waals surface area contributed by atoms with E-state index in [0.29, 0.717) is 6.61 Å². The lowest BCUT2D eigenvalue weighted by Crippen LogP contribution is -2.23. The Balaban J connectivity index is 3.65. The first-order valence-corrected chi connectivity index (χ1v) is 3.50. The molecule has 0 aromatic heterocycles. The van der Waals surface area contributed by atoms with E-state index < -0.39 is 0 Å². The fraction of sp³-hybridized carbons (Fsp3) is 0.857. The Morgan fingerprint density at radius 1 is 1.50 bits per heavy atom. The predicted octanol–water partition coefficient (Wildman–Crippen LogP) is 1.43. The molecule has 0 saturated carbocycles. The summed E-state index contributed by atoms with van der Waals surface area (Å²) >= 11 is 0. The fourth-order valence-electron chi connectivity index (χ4n) is 0.708. The van der Waals surface area contributed by atoms with Crippen molar-refractivity contribution in [3.8, 4) is 0 Å². The zero-order chi connectivity index (χ0) is 7.98. The maximum atomic E-state index is 7.30. The molecule has 0 radical (unpaired) electrons. The lowest BCUT2D eigenvalue weighted by Gasteiger charge is -2.13. The molecule has 0 rings (SSSR count). The van der Waals surface area contributed by atoms with Crippen LogP contribution in [-0.4, -0.2) is 25.7 Å². The van der Waals surface area contributed by atoms with Crippen LogP contribution >= 0.6 is 0 Å². The summed E-state index contributed by atoms with van der Waals surface area (Å²) in [5, 5.41) is 7.30. The molecule has 1 N–H and O–H groups in total. The van der Waals surface area contributed by atoms with E-state index in [2.05, 4.69) is 0 Å². The first-order valence-electron chi connectivity index (χ1n) is 3.50. The molecule has 1 unspecified atom stereocenters. The van der Waals surface area contributed by atoms with E-state index >= 15 is 0 Å². The van der Waals surface area contributed by atoms with Crippen molar-refractivity contribution >= 4 is 5.90 Å². The van der Waals surface area contributed by atoms with Gasteiger partial charge in [0.1, 0.15) is 6.10 Å². The van der Waals surface area contributed by atoms with Gasteiger partial charge in [0.15, 0.2) is 0 Å². The largest absolute Gasteiger partial charge is 0.480 e. The van der Waals surface area contributed by atoms with Gasteiger partial charge < -0.3 is 9.47 Å². The molecule has 0 aliphatic carbocycles. The molecule has 3 heteroatoms. The molecule has 0 amide bonds. The number of rotatable bonds is 4. The molecule has 0 aromatic rings. The first kappa shape index (κ1) is 9.43. The highest BCUT2D eigenvalue weighted by Gasteiger charge is 2.10. The van der Waals surface area contributed by atoms with Crippen LogP contribution in [0.4, 0.5) is 0 Å². The third-order valence-corrected chi connectivity index (χ3v) is 1.25. The Morgan fingerprint density at radius 2 is 2.10 bits per heavy atom. The van der Waals surface area contributed by atoms with Crippen LogP contribution in [0.2, 0.25) is 0 Å². The van der Waals surface area contributed by atoms with Gasteiger partial charge in [0.25, 0.3) is 0 Å². The van der Waals surface area contributed by atoms with Crippen LogP contribution in [0.5, 0.6) is 0 Å². The second-order valence-corrected chi connectivity index (χ2v) is 1.93. The highest BCUT2D eigenvalue weighted by molar-refractivity contribution is 5.77. The summed E-state index contributed by atoms with van der Waals surface area (Å²) in [4.78, 5) is 0. The molecule has 10 heavy (non-hydrogen) atoms. The number of nitrogens with one attached hydrogen (secondary N) is 1. The highest BCUT2D eigenvalue weighted by atomic mass is 16.5. The lowest BCUT2D eigenvalue weighted by atomic mass is 10.3. The average Bonchev–Trinajstić information content (AvgIpc) is 1.91. The molecule has 3 nitrogen and oxygen atoms in total. The zero-order valence-electron chi connectivity index (χ0n) is 6.81. The Bertz CT molecular complexity index is 99.8. The van der Waals surface area contributed by atoms with Crippen molar-refractivity contribution in [3.63, 3.8) is 0 Å². The third kappa shape index (κ3) is 2.82. The quantitative estimate of drug-likeness (QED) is 0.480. The second-order valence-electron chi connectivity index (χ2n) is 1.93. The van der Waals surface area contributed by atoms with Crippen molar-refractivity contribution < 1.29 is 9.47 Å². The minimum Gasteiger partial charge on any atom is -0.480 e. The molecule has 1 atom stereocenters. The standard InChI is InChI=1S/C7H15NO2/c1-4-6(9-3)7(8)10-5-2/h6,8H,4-5H2,1-3H3. The van der Waals surface area contributed by atoms with E-state index in [1.54, 1.807) is 7.11 Å². The van der Waals surface area contributed by atoms with Gasteiger partial charge in [0.2, 0.25) is 5.90 Å². The minimum absolute atomic E-state index is 0.167. The molecule has 0 saturated heterocycles. The van der Waals surface area contributed by atoms with E-state index in [1.807, 2.05) is 13.8 Å². The third-order valence-electron chi connectivity index (χ3n) is 1.25. The van der Waals surface area contributed by atoms with Crippen molar-refractivity contribution in [3.05, 3.63) is 0 Å². The van der Waals surface area contributed by atoms with Crippen LogP contribution in [-0.2, 0) is 9.47 Å². The maximum Gasteiger partial charge on any atom is 0.210 e. The van der Waals surface area contributed by atoms with E-state index in [4.69, 9.17) is 14.9 Å². The smallest absolute Gasteiger partial charge is 0.210 e. The molecular weight excluding hydrogens is 130 g/mol. The van der Waals surface area contributed by atoms with E-state index in [9.17, 15) is 0 Å². The van der Waals surface area contributed by atoms with Crippen molar-refractivity contribution in [2.45, 2.75) is 26.4 Å². The van der Waals surface area contributed by atoms with Crippen LogP contribution < -0.4 is 0 Å². The minimum atomic E-state index is -0.167. The molecule has 0 aliphatic rings. The monoisotopic (exact) mass is 145 g/mol.